The van der Waals surface area contributed by atoms with Crippen molar-refractivity contribution in [1.82, 2.24) is 0 Å². The fourth-order valence-corrected chi connectivity index (χ4v) is 1.84. The van der Waals surface area contributed by atoms with Gasteiger partial charge in [0.1, 0.15) is 11.5 Å². The van der Waals surface area contributed by atoms with Gasteiger partial charge >= 0.3 is 5.97 Å². The minimum atomic E-state index is -0.790. The monoisotopic (exact) mass is 288 g/mol. The SMILES string of the molecule is CC(C)=CCC(C(=O)OC(C)(C)C)C(=O)c1ccccc1. The molecule has 0 radical (unpaired) electrons. The molecule has 114 valence electrons. The molecule has 0 heterocycles. The van der Waals surface area contributed by atoms with Crippen LogP contribution in [0.5, 0.6) is 0 Å². The third kappa shape index (κ3) is 5.94. The lowest BCUT2D eigenvalue weighted by Gasteiger charge is -2.23. The Kier molecular flexibility index (Phi) is 5.89. The van der Waals surface area contributed by atoms with E-state index in [0.29, 0.717) is 12.0 Å². The summed E-state index contributed by atoms with van der Waals surface area (Å²) in [6.07, 6.45) is 2.26. The molecule has 0 N–H and O–H groups in total. The molecule has 1 atom stereocenters. The molecule has 0 aliphatic heterocycles. The van der Waals surface area contributed by atoms with E-state index < -0.39 is 17.5 Å². The van der Waals surface area contributed by atoms with Crippen molar-refractivity contribution in [3.8, 4) is 0 Å². The minimum Gasteiger partial charge on any atom is -0.459 e. The predicted octanol–water partition coefficient (Wildman–Crippen LogP) is 4.18. The summed E-state index contributed by atoms with van der Waals surface area (Å²) in [5, 5.41) is 0. The second kappa shape index (κ2) is 7.21. The number of Topliss-reactive ketones (excluding diaryl/α,β-unsaturated/α-hetero) is 1. The van der Waals surface area contributed by atoms with Crippen LogP contribution >= 0.6 is 0 Å². The molecular weight excluding hydrogens is 264 g/mol. The second-order valence-corrected chi connectivity index (χ2v) is 6.33. The molecule has 0 spiro atoms. The molecule has 0 saturated heterocycles. The molecule has 0 bridgehead atoms. The van der Waals surface area contributed by atoms with Gasteiger partial charge in [0.05, 0.1) is 0 Å². The van der Waals surface area contributed by atoms with E-state index in [4.69, 9.17) is 4.74 Å². The van der Waals surface area contributed by atoms with Gasteiger partial charge in [-0.25, -0.2) is 0 Å². The molecule has 0 aromatic heterocycles. The number of esters is 1. The van der Waals surface area contributed by atoms with Gasteiger partial charge in [0.15, 0.2) is 5.78 Å². The van der Waals surface area contributed by atoms with Gasteiger partial charge in [0, 0.05) is 5.56 Å². The predicted molar refractivity (Wildman–Crippen MR) is 84.2 cm³/mol. The number of carbonyl (C=O) groups is 2. The van der Waals surface area contributed by atoms with Crippen LogP contribution in [-0.2, 0) is 9.53 Å². The molecule has 1 unspecified atom stereocenters. The first-order valence-electron chi connectivity index (χ1n) is 7.16. The fraction of sp³-hybridized carbons (Fsp3) is 0.444. The Balaban J connectivity index is 2.99. The van der Waals surface area contributed by atoms with Gasteiger partial charge in [-0.2, -0.15) is 0 Å². The van der Waals surface area contributed by atoms with Crippen molar-refractivity contribution in [2.24, 2.45) is 5.92 Å². The number of ketones is 1. The molecule has 1 aromatic rings. The maximum absolute atomic E-state index is 12.6. The zero-order chi connectivity index (χ0) is 16.0. The Morgan fingerprint density at radius 1 is 1.14 bits per heavy atom. The normalized spacial score (nSPS) is 12.4. The molecule has 3 heteroatoms. The third-order valence-corrected chi connectivity index (χ3v) is 2.83. The Morgan fingerprint density at radius 3 is 2.19 bits per heavy atom. The standard InChI is InChI=1S/C18H24O3/c1-13(2)11-12-15(17(20)21-18(3,4)5)16(19)14-9-7-6-8-10-14/h6-11,15H,12H2,1-5H3. The topological polar surface area (TPSA) is 43.4 Å². The lowest BCUT2D eigenvalue weighted by Crippen LogP contribution is -2.32. The highest BCUT2D eigenvalue weighted by molar-refractivity contribution is 6.08. The van der Waals surface area contributed by atoms with Gasteiger partial charge < -0.3 is 4.74 Å². The maximum atomic E-state index is 12.6. The van der Waals surface area contributed by atoms with E-state index >= 15 is 0 Å². The highest BCUT2D eigenvalue weighted by atomic mass is 16.6. The maximum Gasteiger partial charge on any atom is 0.317 e. The number of hydrogen-bond donors (Lipinski definition) is 0. The summed E-state index contributed by atoms with van der Waals surface area (Å²) in [4.78, 5) is 24.9. The van der Waals surface area contributed by atoms with Crippen LogP contribution in [0.1, 0.15) is 51.4 Å². The molecule has 0 aliphatic carbocycles. The van der Waals surface area contributed by atoms with Crippen LogP contribution in [0.25, 0.3) is 0 Å². The van der Waals surface area contributed by atoms with Crippen molar-refractivity contribution in [2.45, 2.75) is 46.6 Å². The summed E-state index contributed by atoms with van der Waals surface area (Å²) in [5.41, 5.74) is 1.01. The highest BCUT2D eigenvalue weighted by Gasteiger charge is 2.30. The molecule has 1 aromatic carbocycles. The van der Waals surface area contributed by atoms with Crippen LogP contribution in [-0.4, -0.2) is 17.4 Å². The minimum absolute atomic E-state index is 0.192. The largest absolute Gasteiger partial charge is 0.459 e. The number of allylic oxidation sites excluding steroid dienone is 2. The molecule has 1 rings (SSSR count). The van der Waals surface area contributed by atoms with Crippen molar-refractivity contribution in [3.05, 3.63) is 47.5 Å². The molecular formula is C18H24O3. The molecule has 3 nitrogen and oxygen atoms in total. The molecule has 0 amide bonds. The summed E-state index contributed by atoms with van der Waals surface area (Å²) in [6, 6.07) is 8.88. The van der Waals surface area contributed by atoms with Gasteiger partial charge in [-0.15, -0.1) is 0 Å². The summed E-state index contributed by atoms with van der Waals surface area (Å²) in [7, 11) is 0. The van der Waals surface area contributed by atoms with Crippen LogP contribution < -0.4 is 0 Å². The molecule has 0 saturated carbocycles. The van der Waals surface area contributed by atoms with Crippen molar-refractivity contribution >= 4 is 11.8 Å². The summed E-state index contributed by atoms with van der Waals surface area (Å²) < 4.78 is 5.39. The van der Waals surface area contributed by atoms with Crippen LogP contribution in [0.3, 0.4) is 0 Å². The number of carbonyl (C=O) groups excluding carboxylic acids is 2. The number of hydrogen-bond acceptors (Lipinski definition) is 3. The van der Waals surface area contributed by atoms with Crippen LogP contribution in [0, 0.1) is 5.92 Å². The smallest absolute Gasteiger partial charge is 0.317 e. The van der Waals surface area contributed by atoms with Gasteiger partial charge in [-0.1, -0.05) is 42.0 Å². The molecule has 0 aliphatic rings. The quantitative estimate of drug-likeness (QED) is 0.353. The van der Waals surface area contributed by atoms with E-state index in [1.54, 1.807) is 45.0 Å². The van der Waals surface area contributed by atoms with Crippen molar-refractivity contribution in [2.75, 3.05) is 0 Å². The van der Waals surface area contributed by atoms with E-state index in [-0.39, 0.29) is 5.78 Å². The van der Waals surface area contributed by atoms with Crippen LogP contribution in [0.2, 0.25) is 0 Å². The first-order chi connectivity index (χ1) is 9.70. The average Bonchev–Trinajstić information content (AvgIpc) is 2.37. The van der Waals surface area contributed by atoms with E-state index in [0.717, 1.165) is 5.57 Å². The number of rotatable bonds is 5. The number of benzene rings is 1. The third-order valence-electron chi connectivity index (χ3n) is 2.83. The van der Waals surface area contributed by atoms with Crippen molar-refractivity contribution < 1.29 is 14.3 Å². The van der Waals surface area contributed by atoms with E-state index in [9.17, 15) is 9.59 Å². The lowest BCUT2D eigenvalue weighted by molar-refractivity contribution is -0.157. The fourth-order valence-electron chi connectivity index (χ4n) is 1.84. The van der Waals surface area contributed by atoms with Gasteiger partial charge in [-0.3, -0.25) is 9.59 Å². The zero-order valence-corrected chi connectivity index (χ0v) is 13.5. The van der Waals surface area contributed by atoms with Gasteiger partial charge in [0.2, 0.25) is 0 Å². The Morgan fingerprint density at radius 2 is 1.71 bits per heavy atom. The van der Waals surface area contributed by atoms with Gasteiger partial charge in [0.25, 0.3) is 0 Å². The van der Waals surface area contributed by atoms with E-state index in [2.05, 4.69) is 0 Å². The summed E-state index contributed by atoms with van der Waals surface area (Å²) in [6.45, 7) is 9.29. The summed E-state index contributed by atoms with van der Waals surface area (Å²) in [5.74, 6) is -1.45. The molecule has 21 heavy (non-hydrogen) atoms. The lowest BCUT2D eigenvalue weighted by atomic mass is 9.93. The van der Waals surface area contributed by atoms with Crippen molar-refractivity contribution in [1.29, 1.82) is 0 Å². The Labute approximate surface area is 127 Å². The molecule has 0 fully saturated rings. The second-order valence-electron chi connectivity index (χ2n) is 6.33. The number of ether oxygens (including phenoxy) is 1. The first-order valence-corrected chi connectivity index (χ1v) is 7.16. The Bertz CT molecular complexity index is 517. The van der Waals surface area contributed by atoms with E-state index in [1.807, 2.05) is 26.0 Å². The highest BCUT2D eigenvalue weighted by Crippen LogP contribution is 2.19. The first kappa shape index (κ1) is 17.2. The van der Waals surface area contributed by atoms with Crippen LogP contribution in [0.15, 0.2) is 42.0 Å². The summed E-state index contributed by atoms with van der Waals surface area (Å²) >= 11 is 0. The zero-order valence-electron chi connectivity index (χ0n) is 13.5. The van der Waals surface area contributed by atoms with Crippen molar-refractivity contribution in [3.63, 3.8) is 0 Å². The Hall–Kier alpha value is -1.90. The van der Waals surface area contributed by atoms with Crippen LogP contribution in [0.4, 0.5) is 0 Å². The average molecular weight is 288 g/mol. The van der Waals surface area contributed by atoms with E-state index in [1.165, 1.54) is 0 Å². The van der Waals surface area contributed by atoms with Gasteiger partial charge in [-0.05, 0) is 41.0 Å².